The molecule has 0 spiro atoms. The molecule has 11 heteroatoms. The molecule has 222 valence electrons. The van der Waals surface area contributed by atoms with Gasteiger partial charge in [0.2, 0.25) is 8.32 Å². The Hall–Kier alpha value is -2.83. The maximum atomic E-state index is 12.4. The highest BCUT2D eigenvalue weighted by atomic mass is 28.4. The Balaban J connectivity index is 2.72. The van der Waals surface area contributed by atoms with E-state index in [1.165, 1.54) is 13.2 Å². The van der Waals surface area contributed by atoms with Crippen molar-refractivity contribution in [1.29, 1.82) is 0 Å². The highest BCUT2D eigenvalue weighted by Crippen LogP contribution is 2.44. The van der Waals surface area contributed by atoms with E-state index in [0.717, 1.165) is 11.6 Å². The Morgan fingerprint density at radius 1 is 1.00 bits per heavy atom. The fraction of sp³-hybridized carbons (Fsp3) is 0.552. The van der Waals surface area contributed by atoms with Crippen molar-refractivity contribution in [3.8, 4) is 5.75 Å². The molecule has 2 aromatic carbocycles. The van der Waals surface area contributed by atoms with E-state index in [2.05, 4.69) is 41.5 Å². The predicted octanol–water partition coefficient (Wildman–Crippen LogP) is 4.78. The first kappa shape index (κ1) is 33.4. The van der Waals surface area contributed by atoms with Crippen molar-refractivity contribution in [2.75, 3.05) is 13.7 Å². The first-order valence-corrected chi connectivity index (χ1v) is 15.6. The molecule has 0 saturated heterocycles. The number of carbonyl (C=O) groups is 1. The number of carbonyl (C=O) groups excluding carboxylic acids is 1. The van der Waals surface area contributed by atoms with E-state index in [9.17, 15) is 30.2 Å². The maximum Gasteiger partial charge on any atom is 0.338 e. The quantitative estimate of drug-likeness (QED) is 0.118. The Morgan fingerprint density at radius 2 is 1.57 bits per heavy atom. The summed E-state index contributed by atoms with van der Waals surface area (Å²) < 4.78 is 17.7. The standard InChI is InChI=1S/C29H43NO9Si/c1-18(2)40(19(3)4,20(5)6)39-27(28(33)25(32)16-31)15-23-24(30(35)36)13-22(29(34)37-7)14-26(23)38-17-21-11-9-8-10-12-21/h8-14,18-20,25,27-28,31-33H,15-17H2,1-7H3/t25-,27-,28+/m0/s1. The van der Waals surface area contributed by atoms with Gasteiger partial charge in [0.15, 0.2) is 0 Å². The predicted molar refractivity (Wildman–Crippen MR) is 154 cm³/mol. The van der Waals surface area contributed by atoms with Gasteiger partial charge in [0, 0.05) is 12.5 Å². The van der Waals surface area contributed by atoms with Crippen LogP contribution in [0.1, 0.15) is 63.0 Å². The second-order valence-corrected chi connectivity index (χ2v) is 16.3. The van der Waals surface area contributed by atoms with Crippen LogP contribution in [0, 0.1) is 10.1 Å². The van der Waals surface area contributed by atoms with Gasteiger partial charge < -0.3 is 29.2 Å². The number of aliphatic hydroxyl groups is 3. The van der Waals surface area contributed by atoms with Crippen molar-refractivity contribution in [3.63, 3.8) is 0 Å². The van der Waals surface area contributed by atoms with Crippen LogP contribution in [0.4, 0.5) is 5.69 Å². The molecule has 0 unspecified atom stereocenters. The van der Waals surface area contributed by atoms with E-state index >= 15 is 0 Å². The summed E-state index contributed by atoms with van der Waals surface area (Å²) in [7, 11) is -1.49. The smallest absolute Gasteiger partial charge is 0.338 e. The summed E-state index contributed by atoms with van der Waals surface area (Å²) in [6, 6.07) is 11.7. The molecule has 0 aromatic heterocycles. The van der Waals surface area contributed by atoms with E-state index in [4.69, 9.17) is 13.9 Å². The molecular formula is C29H43NO9Si. The van der Waals surface area contributed by atoms with Gasteiger partial charge in [-0.1, -0.05) is 71.9 Å². The number of esters is 1. The monoisotopic (exact) mass is 577 g/mol. The number of nitro benzene ring substituents is 1. The van der Waals surface area contributed by atoms with E-state index in [1.807, 2.05) is 30.3 Å². The van der Waals surface area contributed by atoms with E-state index < -0.39 is 49.8 Å². The number of methoxy groups -OCH3 is 1. The zero-order valence-corrected chi connectivity index (χ0v) is 25.4. The highest BCUT2D eigenvalue weighted by molar-refractivity contribution is 6.77. The Kier molecular flexibility index (Phi) is 12.3. The molecule has 3 N–H and O–H groups in total. The van der Waals surface area contributed by atoms with Gasteiger partial charge in [0.1, 0.15) is 24.6 Å². The minimum absolute atomic E-state index is 0.0589. The third-order valence-electron chi connectivity index (χ3n) is 7.47. The first-order valence-electron chi connectivity index (χ1n) is 13.5. The van der Waals surface area contributed by atoms with Crippen LogP contribution in [0.25, 0.3) is 0 Å². The third kappa shape index (κ3) is 7.67. The van der Waals surface area contributed by atoms with Gasteiger partial charge in [-0.3, -0.25) is 10.1 Å². The van der Waals surface area contributed by atoms with Gasteiger partial charge in [-0.25, -0.2) is 4.79 Å². The second-order valence-electron chi connectivity index (χ2n) is 10.9. The molecule has 0 aliphatic carbocycles. The number of hydrogen-bond donors (Lipinski definition) is 3. The number of hydrogen-bond acceptors (Lipinski definition) is 9. The summed E-state index contributed by atoms with van der Waals surface area (Å²) in [4.78, 5) is 24.0. The molecule has 3 atom stereocenters. The van der Waals surface area contributed by atoms with Gasteiger partial charge in [0.25, 0.3) is 5.69 Å². The fourth-order valence-electron chi connectivity index (χ4n) is 5.56. The molecule has 40 heavy (non-hydrogen) atoms. The maximum absolute atomic E-state index is 12.4. The molecule has 0 heterocycles. The molecule has 10 nitrogen and oxygen atoms in total. The Bertz CT molecular complexity index is 1100. The van der Waals surface area contributed by atoms with E-state index in [1.54, 1.807) is 0 Å². The van der Waals surface area contributed by atoms with E-state index in [0.29, 0.717) is 0 Å². The number of nitrogens with zero attached hydrogens (tertiary/aromatic N) is 1. The lowest BCUT2D eigenvalue weighted by Gasteiger charge is -2.46. The topological polar surface area (TPSA) is 149 Å². The fourth-order valence-corrected chi connectivity index (χ4v) is 11.1. The van der Waals surface area contributed by atoms with Crippen molar-refractivity contribution in [1.82, 2.24) is 0 Å². The summed E-state index contributed by atoms with van der Waals surface area (Å²) in [6.07, 6.45) is -4.40. The number of ether oxygens (including phenoxy) is 2. The summed E-state index contributed by atoms with van der Waals surface area (Å²) in [5.74, 6) is -0.711. The number of benzene rings is 2. The largest absolute Gasteiger partial charge is 0.488 e. The van der Waals surface area contributed by atoms with Crippen LogP contribution in [0.2, 0.25) is 16.6 Å². The highest BCUT2D eigenvalue weighted by Gasteiger charge is 2.48. The van der Waals surface area contributed by atoms with Crippen molar-refractivity contribution in [2.24, 2.45) is 0 Å². The third-order valence-corrected chi connectivity index (χ3v) is 13.6. The van der Waals surface area contributed by atoms with Gasteiger partial charge in [-0.05, 0) is 28.3 Å². The minimum atomic E-state index is -2.67. The Morgan fingerprint density at radius 3 is 2.05 bits per heavy atom. The van der Waals surface area contributed by atoms with Crippen molar-refractivity contribution in [3.05, 3.63) is 69.3 Å². The molecule has 0 aliphatic rings. The van der Waals surface area contributed by atoms with Gasteiger partial charge in [0.05, 0.1) is 35.9 Å². The normalized spacial score (nSPS) is 14.3. The van der Waals surface area contributed by atoms with Crippen LogP contribution in [0.15, 0.2) is 42.5 Å². The Labute approximate surface area is 237 Å². The average Bonchev–Trinajstić information content (AvgIpc) is 2.92. The van der Waals surface area contributed by atoms with Crippen LogP contribution >= 0.6 is 0 Å². The van der Waals surface area contributed by atoms with Crippen LogP contribution in [-0.2, 0) is 22.2 Å². The summed E-state index contributed by atoms with van der Waals surface area (Å²) >= 11 is 0. The lowest BCUT2D eigenvalue weighted by molar-refractivity contribution is -0.385. The van der Waals surface area contributed by atoms with Gasteiger partial charge >= 0.3 is 5.97 Å². The van der Waals surface area contributed by atoms with Crippen LogP contribution in [0.3, 0.4) is 0 Å². The number of rotatable bonds is 15. The molecule has 2 rings (SSSR count). The lowest BCUT2D eigenvalue weighted by Crippen LogP contribution is -2.55. The summed E-state index contributed by atoms with van der Waals surface area (Å²) in [5.41, 5.74) is 0.758. The SMILES string of the molecule is COC(=O)c1cc(OCc2ccccc2)c(C[C@H](O[Si](C(C)C)(C(C)C)C(C)C)[C@H](O)[C@@H](O)CO)c([N+](=O)[O-])c1. The summed E-state index contributed by atoms with van der Waals surface area (Å²) in [5, 5.41) is 43.5. The van der Waals surface area contributed by atoms with Crippen molar-refractivity contribution >= 4 is 20.0 Å². The number of nitro groups is 1. The molecular weight excluding hydrogens is 534 g/mol. The second kappa shape index (κ2) is 14.7. The van der Waals surface area contributed by atoms with Gasteiger partial charge in [-0.15, -0.1) is 0 Å². The molecule has 0 fully saturated rings. The molecule has 0 aliphatic heterocycles. The number of aliphatic hydroxyl groups excluding tert-OH is 3. The lowest BCUT2D eigenvalue weighted by atomic mass is 9.97. The molecule has 0 amide bonds. The average molecular weight is 578 g/mol. The minimum Gasteiger partial charge on any atom is -0.488 e. The zero-order chi connectivity index (χ0) is 30.2. The molecule has 0 bridgehead atoms. The van der Waals surface area contributed by atoms with Gasteiger partial charge in [-0.2, -0.15) is 0 Å². The zero-order valence-electron chi connectivity index (χ0n) is 24.4. The van der Waals surface area contributed by atoms with Crippen molar-refractivity contribution in [2.45, 2.75) is 89.5 Å². The van der Waals surface area contributed by atoms with Crippen molar-refractivity contribution < 1.29 is 38.9 Å². The molecule has 0 radical (unpaired) electrons. The first-order chi connectivity index (χ1) is 18.8. The van der Waals surface area contributed by atoms with E-state index in [-0.39, 0.29) is 46.5 Å². The molecule has 0 saturated carbocycles. The summed E-state index contributed by atoms with van der Waals surface area (Å²) in [6.45, 7) is 11.7. The van der Waals surface area contributed by atoms with Crippen LogP contribution < -0.4 is 4.74 Å². The molecule has 2 aromatic rings. The van der Waals surface area contributed by atoms with Crippen LogP contribution in [0.5, 0.6) is 5.75 Å². The van der Waals surface area contributed by atoms with Crippen LogP contribution in [-0.4, -0.2) is 66.6 Å².